The molecule has 0 radical (unpaired) electrons. The second-order valence-corrected chi connectivity index (χ2v) is 7.91. The molecule has 2 amide bonds. The van der Waals surface area contributed by atoms with E-state index in [4.69, 9.17) is 9.84 Å². The standard InChI is InChI=1S/C15H28N2O4/c1-13(2,3)17(8-11(18)19)12(20)16-9-14(4,5)21-15(6,7)10-16/h8-10H2,1-7H3,(H,18,19). The molecule has 0 atom stereocenters. The summed E-state index contributed by atoms with van der Waals surface area (Å²) >= 11 is 0. The molecule has 1 saturated heterocycles. The van der Waals surface area contributed by atoms with Gasteiger partial charge in [0.1, 0.15) is 6.54 Å². The van der Waals surface area contributed by atoms with Crippen molar-refractivity contribution in [2.45, 2.75) is 65.2 Å². The molecule has 1 aliphatic heterocycles. The van der Waals surface area contributed by atoms with Crippen LogP contribution < -0.4 is 0 Å². The Balaban J connectivity index is 3.00. The summed E-state index contributed by atoms with van der Waals surface area (Å²) in [6.07, 6.45) is 0. The number of carbonyl (C=O) groups excluding carboxylic acids is 1. The highest BCUT2D eigenvalue weighted by Gasteiger charge is 2.42. The van der Waals surface area contributed by atoms with Gasteiger partial charge in [0, 0.05) is 5.54 Å². The van der Waals surface area contributed by atoms with E-state index in [0.29, 0.717) is 13.1 Å². The van der Waals surface area contributed by atoms with Crippen LogP contribution >= 0.6 is 0 Å². The number of hydrogen-bond donors (Lipinski definition) is 1. The summed E-state index contributed by atoms with van der Waals surface area (Å²) in [5.41, 5.74) is -1.46. The van der Waals surface area contributed by atoms with Crippen LogP contribution in [0.3, 0.4) is 0 Å². The van der Waals surface area contributed by atoms with Gasteiger partial charge < -0.3 is 19.6 Å². The first-order valence-corrected chi connectivity index (χ1v) is 7.22. The lowest BCUT2D eigenvalue weighted by molar-refractivity contribution is -0.172. The van der Waals surface area contributed by atoms with Gasteiger partial charge in [-0.3, -0.25) is 4.79 Å². The number of ether oxygens (including phenoxy) is 1. The fraction of sp³-hybridized carbons (Fsp3) is 0.867. The summed E-state index contributed by atoms with van der Waals surface area (Å²) in [5, 5.41) is 9.06. The van der Waals surface area contributed by atoms with E-state index in [2.05, 4.69) is 0 Å². The summed E-state index contributed by atoms with van der Waals surface area (Å²) in [6, 6.07) is -0.255. The molecule has 0 saturated carbocycles. The fourth-order valence-corrected chi connectivity index (χ4v) is 2.82. The van der Waals surface area contributed by atoms with E-state index >= 15 is 0 Å². The van der Waals surface area contributed by atoms with Crippen LogP contribution in [-0.4, -0.2) is 63.3 Å². The van der Waals surface area contributed by atoms with Gasteiger partial charge in [0.05, 0.1) is 24.3 Å². The minimum Gasteiger partial charge on any atom is -0.480 e. The molecule has 0 unspecified atom stereocenters. The molecule has 21 heavy (non-hydrogen) atoms. The molecule has 6 nitrogen and oxygen atoms in total. The number of rotatable bonds is 2. The Bertz CT molecular complexity index is 408. The minimum absolute atomic E-state index is 0.255. The van der Waals surface area contributed by atoms with Crippen LogP contribution in [0.15, 0.2) is 0 Å². The Kier molecular flexibility index (Phi) is 4.63. The van der Waals surface area contributed by atoms with Crippen LogP contribution in [0.5, 0.6) is 0 Å². The summed E-state index contributed by atoms with van der Waals surface area (Å²) in [6.45, 7) is 13.8. The molecule has 0 spiro atoms. The van der Waals surface area contributed by atoms with Crippen LogP contribution in [0.2, 0.25) is 0 Å². The molecule has 0 aromatic carbocycles. The van der Waals surface area contributed by atoms with Crippen molar-refractivity contribution in [3.8, 4) is 0 Å². The summed E-state index contributed by atoms with van der Waals surface area (Å²) in [7, 11) is 0. The van der Waals surface area contributed by atoms with E-state index < -0.39 is 22.7 Å². The quantitative estimate of drug-likeness (QED) is 0.848. The lowest BCUT2D eigenvalue weighted by atomic mass is 9.99. The van der Waals surface area contributed by atoms with Crippen LogP contribution in [0.1, 0.15) is 48.5 Å². The highest BCUT2D eigenvalue weighted by Crippen LogP contribution is 2.29. The van der Waals surface area contributed by atoms with E-state index in [-0.39, 0.29) is 12.6 Å². The van der Waals surface area contributed by atoms with Gasteiger partial charge in [-0.05, 0) is 48.5 Å². The predicted molar refractivity (Wildman–Crippen MR) is 80.3 cm³/mol. The third kappa shape index (κ3) is 4.88. The third-order valence-electron chi connectivity index (χ3n) is 3.30. The first kappa shape index (κ1) is 17.8. The number of aliphatic carboxylic acids is 1. The number of carboxylic acids is 1. The zero-order valence-corrected chi connectivity index (χ0v) is 14.2. The molecular formula is C15H28N2O4. The van der Waals surface area contributed by atoms with E-state index in [0.717, 1.165) is 0 Å². The second kappa shape index (κ2) is 5.48. The molecule has 6 heteroatoms. The average Bonchev–Trinajstić information content (AvgIpc) is 2.18. The van der Waals surface area contributed by atoms with E-state index in [9.17, 15) is 9.59 Å². The maximum atomic E-state index is 12.8. The van der Waals surface area contributed by atoms with Crippen molar-refractivity contribution in [2.75, 3.05) is 19.6 Å². The summed E-state index contributed by atoms with van der Waals surface area (Å²) < 4.78 is 5.96. The zero-order valence-electron chi connectivity index (χ0n) is 14.2. The molecule has 0 aromatic heterocycles. The van der Waals surface area contributed by atoms with Crippen molar-refractivity contribution < 1.29 is 19.4 Å². The van der Waals surface area contributed by atoms with Crippen LogP contribution in [0.25, 0.3) is 0 Å². The maximum absolute atomic E-state index is 12.8. The van der Waals surface area contributed by atoms with E-state index in [1.165, 1.54) is 4.90 Å². The third-order valence-corrected chi connectivity index (χ3v) is 3.30. The Labute approximate surface area is 127 Å². The minimum atomic E-state index is -1.01. The Morgan fingerprint density at radius 3 is 1.90 bits per heavy atom. The van der Waals surface area contributed by atoms with Crippen LogP contribution in [0, 0.1) is 0 Å². The molecule has 122 valence electrons. The number of urea groups is 1. The van der Waals surface area contributed by atoms with E-state index in [1.807, 2.05) is 48.5 Å². The molecule has 1 N–H and O–H groups in total. The smallest absolute Gasteiger partial charge is 0.323 e. The molecule has 1 fully saturated rings. The molecule has 0 bridgehead atoms. The lowest BCUT2D eigenvalue weighted by Gasteiger charge is -2.49. The van der Waals surface area contributed by atoms with Gasteiger partial charge in [-0.25, -0.2) is 4.79 Å². The predicted octanol–water partition coefficient (Wildman–Crippen LogP) is 2.18. The Hall–Kier alpha value is -1.30. The highest BCUT2D eigenvalue weighted by atomic mass is 16.5. The van der Waals surface area contributed by atoms with Crippen molar-refractivity contribution >= 4 is 12.0 Å². The van der Waals surface area contributed by atoms with Crippen molar-refractivity contribution in [3.05, 3.63) is 0 Å². The molecular weight excluding hydrogens is 272 g/mol. The molecule has 0 aliphatic carbocycles. The van der Waals surface area contributed by atoms with Crippen molar-refractivity contribution in [3.63, 3.8) is 0 Å². The molecule has 0 aromatic rings. The summed E-state index contributed by atoms with van der Waals surface area (Å²) in [4.78, 5) is 26.9. The maximum Gasteiger partial charge on any atom is 0.323 e. The number of amides is 2. The van der Waals surface area contributed by atoms with Crippen molar-refractivity contribution in [1.29, 1.82) is 0 Å². The van der Waals surface area contributed by atoms with Crippen LogP contribution in [-0.2, 0) is 9.53 Å². The van der Waals surface area contributed by atoms with Gasteiger partial charge in [-0.15, -0.1) is 0 Å². The van der Waals surface area contributed by atoms with Gasteiger partial charge in [0.2, 0.25) is 0 Å². The molecule has 1 heterocycles. The molecule has 1 aliphatic rings. The van der Waals surface area contributed by atoms with Crippen molar-refractivity contribution in [1.82, 2.24) is 9.80 Å². The van der Waals surface area contributed by atoms with Gasteiger partial charge in [-0.2, -0.15) is 0 Å². The number of carboxylic acid groups (broad SMARTS) is 1. The van der Waals surface area contributed by atoms with Gasteiger partial charge in [0.25, 0.3) is 0 Å². The van der Waals surface area contributed by atoms with Gasteiger partial charge >= 0.3 is 12.0 Å². The first-order valence-electron chi connectivity index (χ1n) is 7.22. The number of nitrogens with zero attached hydrogens (tertiary/aromatic N) is 2. The Morgan fingerprint density at radius 1 is 1.14 bits per heavy atom. The zero-order chi connectivity index (χ0) is 16.6. The molecule has 1 rings (SSSR count). The largest absolute Gasteiger partial charge is 0.480 e. The highest BCUT2D eigenvalue weighted by molar-refractivity contribution is 5.81. The van der Waals surface area contributed by atoms with Crippen molar-refractivity contribution in [2.24, 2.45) is 0 Å². The normalized spacial score (nSPS) is 21.0. The lowest BCUT2D eigenvalue weighted by Crippen LogP contribution is -2.63. The second-order valence-electron chi connectivity index (χ2n) is 7.91. The number of morpholine rings is 1. The van der Waals surface area contributed by atoms with Crippen LogP contribution in [0.4, 0.5) is 4.79 Å². The topological polar surface area (TPSA) is 70.1 Å². The summed E-state index contributed by atoms with van der Waals surface area (Å²) in [5.74, 6) is -1.01. The Morgan fingerprint density at radius 2 is 1.57 bits per heavy atom. The van der Waals surface area contributed by atoms with Gasteiger partial charge in [0.15, 0.2) is 0 Å². The fourth-order valence-electron chi connectivity index (χ4n) is 2.82. The monoisotopic (exact) mass is 300 g/mol. The number of hydrogen-bond acceptors (Lipinski definition) is 3. The average molecular weight is 300 g/mol. The SMILES string of the molecule is CC1(C)CN(C(=O)N(CC(=O)O)C(C)(C)C)CC(C)(C)O1. The van der Waals surface area contributed by atoms with Gasteiger partial charge in [-0.1, -0.05) is 0 Å². The number of carbonyl (C=O) groups is 2. The first-order chi connectivity index (χ1) is 9.23. The van der Waals surface area contributed by atoms with E-state index in [1.54, 1.807) is 4.90 Å².